The van der Waals surface area contributed by atoms with Gasteiger partial charge in [0.25, 0.3) is 5.91 Å². The summed E-state index contributed by atoms with van der Waals surface area (Å²) in [7, 11) is -3.69. The lowest BCUT2D eigenvalue weighted by Crippen LogP contribution is -2.28. The second kappa shape index (κ2) is 8.33. The number of sulfonamides is 1. The number of phenols is 1. The van der Waals surface area contributed by atoms with Gasteiger partial charge >= 0.3 is 0 Å². The minimum atomic E-state index is -3.69. The highest BCUT2D eigenvalue weighted by Gasteiger charge is 2.28. The Morgan fingerprint density at radius 3 is 2.57 bits per heavy atom. The van der Waals surface area contributed by atoms with Crippen LogP contribution >= 0.6 is 11.6 Å². The van der Waals surface area contributed by atoms with Gasteiger partial charge in [0.15, 0.2) is 11.5 Å². The van der Waals surface area contributed by atoms with E-state index in [-0.39, 0.29) is 26.9 Å². The molecule has 0 atom stereocenters. The largest absolute Gasteiger partial charge is 0.506 e. The van der Waals surface area contributed by atoms with Crippen molar-refractivity contribution in [1.82, 2.24) is 4.31 Å². The molecule has 8 nitrogen and oxygen atoms in total. The molecule has 1 fully saturated rings. The molecule has 1 amide bonds. The molecule has 0 aromatic heterocycles. The fraction of sp³-hybridized carbons (Fsp3) is 0.350. The number of rotatable bonds is 4. The second-order valence-electron chi connectivity index (χ2n) is 7.08. The van der Waals surface area contributed by atoms with Crippen LogP contribution in [-0.2, 0) is 10.0 Å². The van der Waals surface area contributed by atoms with Gasteiger partial charge < -0.3 is 19.9 Å². The van der Waals surface area contributed by atoms with Crippen LogP contribution in [0.2, 0.25) is 5.02 Å². The number of amides is 1. The van der Waals surface area contributed by atoms with Crippen LogP contribution in [0.25, 0.3) is 0 Å². The Labute approximate surface area is 179 Å². The average molecular weight is 453 g/mol. The van der Waals surface area contributed by atoms with Crippen LogP contribution in [0.3, 0.4) is 0 Å². The van der Waals surface area contributed by atoms with E-state index in [0.717, 1.165) is 12.8 Å². The number of ether oxygens (including phenoxy) is 2. The van der Waals surface area contributed by atoms with E-state index in [2.05, 4.69) is 5.32 Å². The molecule has 4 rings (SSSR count). The molecule has 0 spiro atoms. The van der Waals surface area contributed by atoms with Crippen molar-refractivity contribution in [3.05, 3.63) is 40.9 Å². The molecule has 2 aromatic carbocycles. The number of anilines is 1. The molecular weight excluding hydrogens is 432 g/mol. The molecule has 160 valence electrons. The van der Waals surface area contributed by atoms with Crippen molar-refractivity contribution < 1.29 is 27.8 Å². The van der Waals surface area contributed by atoms with Gasteiger partial charge in [-0.1, -0.05) is 11.6 Å². The molecule has 2 aromatic rings. The Balaban J connectivity index is 1.61. The van der Waals surface area contributed by atoms with Gasteiger partial charge in [-0.3, -0.25) is 4.79 Å². The number of hydrogen-bond acceptors (Lipinski definition) is 6. The summed E-state index contributed by atoms with van der Waals surface area (Å²) in [6, 6.07) is 6.77. The molecule has 2 N–H and O–H groups in total. The Hall–Kier alpha value is -2.49. The number of benzene rings is 2. The molecule has 1 saturated heterocycles. The SMILES string of the molecule is O=C(Nc1cc(S(=O)(=O)N2CCCC2)ccc1O)c1cc(Cl)c2c(c1)OCCCO2. The van der Waals surface area contributed by atoms with Gasteiger partial charge in [-0.15, -0.1) is 0 Å². The fourth-order valence-corrected chi connectivity index (χ4v) is 5.22. The number of halogens is 1. The van der Waals surface area contributed by atoms with Gasteiger partial charge in [0.1, 0.15) is 5.75 Å². The zero-order chi connectivity index (χ0) is 21.3. The molecule has 2 aliphatic heterocycles. The summed E-state index contributed by atoms with van der Waals surface area (Å²) in [5.74, 6) is -0.0743. The molecule has 0 bridgehead atoms. The molecule has 2 aliphatic rings. The second-order valence-corrected chi connectivity index (χ2v) is 9.43. The lowest BCUT2D eigenvalue weighted by atomic mass is 10.1. The van der Waals surface area contributed by atoms with Crippen molar-refractivity contribution in [3.8, 4) is 17.2 Å². The van der Waals surface area contributed by atoms with Crippen molar-refractivity contribution in [2.45, 2.75) is 24.2 Å². The maximum Gasteiger partial charge on any atom is 0.255 e. The van der Waals surface area contributed by atoms with Gasteiger partial charge in [0.05, 0.1) is 28.8 Å². The summed E-state index contributed by atoms with van der Waals surface area (Å²) in [5, 5.41) is 12.9. The first-order valence-electron chi connectivity index (χ1n) is 9.60. The quantitative estimate of drug-likeness (QED) is 0.690. The first kappa shape index (κ1) is 20.8. The molecule has 0 radical (unpaired) electrons. The van der Waals surface area contributed by atoms with E-state index < -0.39 is 15.9 Å². The monoisotopic (exact) mass is 452 g/mol. The number of nitrogens with zero attached hydrogens (tertiary/aromatic N) is 1. The number of nitrogens with one attached hydrogen (secondary N) is 1. The van der Waals surface area contributed by atoms with Crippen LogP contribution in [-0.4, -0.2) is 50.0 Å². The van der Waals surface area contributed by atoms with E-state index >= 15 is 0 Å². The first-order chi connectivity index (χ1) is 14.4. The molecular formula is C20H21ClN2O6S. The Kier molecular flexibility index (Phi) is 5.77. The maximum atomic E-state index is 12.8. The fourth-order valence-electron chi connectivity index (χ4n) is 3.41. The van der Waals surface area contributed by atoms with Crippen LogP contribution < -0.4 is 14.8 Å². The molecule has 0 aliphatic carbocycles. The van der Waals surface area contributed by atoms with Gasteiger partial charge in [-0.25, -0.2) is 8.42 Å². The summed E-state index contributed by atoms with van der Waals surface area (Å²) in [6.45, 7) is 1.82. The maximum absolute atomic E-state index is 12.8. The highest BCUT2D eigenvalue weighted by atomic mass is 35.5. The third-order valence-corrected chi connectivity index (χ3v) is 7.16. The predicted molar refractivity (Wildman–Crippen MR) is 111 cm³/mol. The predicted octanol–water partition coefficient (Wildman–Crippen LogP) is 3.24. The van der Waals surface area contributed by atoms with Crippen molar-refractivity contribution >= 4 is 33.2 Å². The number of aromatic hydroxyl groups is 1. The summed E-state index contributed by atoms with van der Waals surface area (Å²) in [4.78, 5) is 12.8. The normalized spacial score (nSPS) is 16.8. The van der Waals surface area contributed by atoms with E-state index in [0.29, 0.717) is 44.2 Å². The third kappa shape index (κ3) is 4.05. The summed E-state index contributed by atoms with van der Waals surface area (Å²) in [5.41, 5.74) is 0.181. The first-order valence-corrected chi connectivity index (χ1v) is 11.4. The lowest BCUT2D eigenvalue weighted by molar-refractivity contribution is 0.102. The van der Waals surface area contributed by atoms with E-state index in [4.69, 9.17) is 21.1 Å². The van der Waals surface area contributed by atoms with Gasteiger partial charge in [-0.2, -0.15) is 4.31 Å². The molecule has 30 heavy (non-hydrogen) atoms. The van der Waals surface area contributed by atoms with Gasteiger partial charge in [0, 0.05) is 25.1 Å². The van der Waals surface area contributed by atoms with Crippen molar-refractivity contribution in [3.63, 3.8) is 0 Å². The Morgan fingerprint density at radius 2 is 1.80 bits per heavy atom. The van der Waals surface area contributed by atoms with E-state index in [1.165, 1.54) is 34.6 Å². The number of carbonyl (C=O) groups excluding carboxylic acids is 1. The average Bonchev–Trinajstić information content (AvgIpc) is 3.16. The van der Waals surface area contributed by atoms with Crippen molar-refractivity contribution in [2.24, 2.45) is 0 Å². The summed E-state index contributed by atoms with van der Waals surface area (Å²) in [6.07, 6.45) is 2.32. The lowest BCUT2D eigenvalue weighted by Gasteiger charge is -2.17. The topological polar surface area (TPSA) is 105 Å². The van der Waals surface area contributed by atoms with Crippen molar-refractivity contribution in [2.75, 3.05) is 31.6 Å². The van der Waals surface area contributed by atoms with Crippen LogP contribution in [0.1, 0.15) is 29.6 Å². The van der Waals surface area contributed by atoms with Crippen molar-refractivity contribution in [1.29, 1.82) is 0 Å². The molecule has 2 heterocycles. The van der Waals surface area contributed by atoms with Gasteiger partial charge in [0.2, 0.25) is 10.0 Å². The van der Waals surface area contributed by atoms with Crippen LogP contribution in [0.15, 0.2) is 35.2 Å². The van der Waals surface area contributed by atoms with E-state index in [1.807, 2.05) is 0 Å². The van der Waals surface area contributed by atoms with E-state index in [9.17, 15) is 18.3 Å². The highest BCUT2D eigenvalue weighted by molar-refractivity contribution is 7.89. The van der Waals surface area contributed by atoms with Crippen LogP contribution in [0.4, 0.5) is 5.69 Å². The standard InChI is InChI=1S/C20H21ClN2O6S/c21-15-10-13(11-18-19(15)29-9-3-8-28-18)20(25)22-16-12-14(4-5-17(16)24)30(26,27)23-6-1-2-7-23/h4-5,10-12,24H,1-3,6-9H2,(H,22,25). The third-order valence-electron chi connectivity index (χ3n) is 4.98. The number of fused-ring (bicyclic) bond motifs is 1. The van der Waals surface area contributed by atoms with Crippen LogP contribution in [0.5, 0.6) is 17.2 Å². The van der Waals surface area contributed by atoms with Gasteiger partial charge in [-0.05, 0) is 43.2 Å². The summed E-state index contributed by atoms with van der Waals surface area (Å²) >= 11 is 6.24. The van der Waals surface area contributed by atoms with Crippen LogP contribution in [0, 0.1) is 0 Å². The summed E-state index contributed by atoms with van der Waals surface area (Å²) < 4.78 is 38.1. The number of hydrogen-bond donors (Lipinski definition) is 2. The minimum absolute atomic E-state index is 0.00851. The minimum Gasteiger partial charge on any atom is -0.506 e. The molecule has 0 saturated carbocycles. The Morgan fingerprint density at radius 1 is 1.07 bits per heavy atom. The smallest absolute Gasteiger partial charge is 0.255 e. The van der Waals surface area contributed by atoms with E-state index in [1.54, 1.807) is 0 Å². The highest BCUT2D eigenvalue weighted by Crippen LogP contribution is 2.38. The molecule has 0 unspecified atom stereocenters. The number of carbonyl (C=O) groups is 1. The zero-order valence-corrected chi connectivity index (χ0v) is 17.6. The number of phenolic OH excluding ortho intramolecular Hbond substituents is 1. The molecule has 10 heteroatoms. The Bertz CT molecular complexity index is 1080. The zero-order valence-electron chi connectivity index (χ0n) is 16.1.